The standard InChI is InChI=1S/C18H25NO4/c1-17(2,3)13-14(18(4,5)6)16(23)19(15(13)22)10-7-11(20)9-12(21)8-10/h7-9,13-14,20-21H,1-6H3. The SMILES string of the molecule is CC(C)(C)C1C(=O)N(c2cc(O)cc(O)c2)C(=O)C1C(C)(C)C. The Hall–Kier alpha value is -2.04. The van der Waals surface area contributed by atoms with Crippen molar-refractivity contribution in [3.63, 3.8) is 0 Å². The average Bonchev–Trinajstić information content (AvgIpc) is 2.58. The van der Waals surface area contributed by atoms with Gasteiger partial charge in [0.1, 0.15) is 11.5 Å². The van der Waals surface area contributed by atoms with Crippen LogP contribution in [0.2, 0.25) is 0 Å². The van der Waals surface area contributed by atoms with Crippen molar-refractivity contribution >= 4 is 17.5 Å². The third-order valence-corrected chi connectivity index (χ3v) is 4.32. The first-order valence-corrected chi connectivity index (χ1v) is 7.75. The topological polar surface area (TPSA) is 77.8 Å². The van der Waals surface area contributed by atoms with Gasteiger partial charge in [-0.15, -0.1) is 0 Å². The number of hydrogen-bond acceptors (Lipinski definition) is 4. The van der Waals surface area contributed by atoms with E-state index in [4.69, 9.17) is 0 Å². The van der Waals surface area contributed by atoms with Gasteiger partial charge in [-0.3, -0.25) is 9.59 Å². The highest BCUT2D eigenvalue weighted by atomic mass is 16.3. The largest absolute Gasteiger partial charge is 0.508 e. The Labute approximate surface area is 136 Å². The van der Waals surface area contributed by atoms with E-state index in [9.17, 15) is 19.8 Å². The maximum absolute atomic E-state index is 13.0. The number of hydrogen-bond donors (Lipinski definition) is 2. The number of anilines is 1. The highest BCUT2D eigenvalue weighted by molar-refractivity contribution is 6.22. The molecule has 0 bridgehead atoms. The fourth-order valence-electron chi connectivity index (χ4n) is 3.38. The first-order valence-electron chi connectivity index (χ1n) is 7.75. The smallest absolute Gasteiger partial charge is 0.238 e. The van der Waals surface area contributed by atoms with Gasteiger partial charge in [0.25, 0.3) is 0 Å². The van der Waals surface area contributed by atoms with Crippen LogP contribution < -0.4 is 4.90 Å². The van der Waals surface area contributed by atoms with E-state index in [-0.39, 0.29) is 39.8 Å². The molecular formula is C18H25NO4. The summed E-state index contributed by atoms with van der Waals surface area (Å²) in [4.78, 5) is 27.1. The molecule has 1 fully saturated rings. The number of aromatic hydroxyl groups is 2. The van der Waals surface area contributed by atoms with Crippen molar-refractivity contribution in [3.8, 4) is 11.5 Å². The van der Waals surface area contributed by atoms with Crippen molar-refractivity contribution in [2.24, 2.45) is 22.7 Å². The van der Waals surface area contributed by atoms with E-state index in [2.05, 4.69) is 0 Å². The summed E-state index contributed by atoms with van der Waals surface area (Å²) in [6.45, 7) is 11.7. The average molecular weight is 319 g/mol. The third-order valence-electron chi connectivity index (χ3n) is 4.32. The predicted molar refractivity (Wildman–Crippen MR) is 88.2 cm³/mol. The third kappa shape index (κ3) is 3.05. The Bertz CT molecular complexity index is 600. The summed E-state index contributed by atoms with van der Waals surface area (Å²) in [5, 5.41) is 19.3. The first-order chi connectivity index (χ1) is 10.3. The Morgan fingerprint density at radius 2 is 1.13 bits per heavy atom. The zero-order valence-corrected chi connectivity index (χ0v) is 14.5. The van der Waals surface area contributed by atoms with E-state index in [0.717, 1.165) is 11.0 Å². The van der Waals surface area contributed by atoms with E-state index in [1.807, 2.05) is 41.5 Å². The minimum atomic E-state index is -0.459. The maximum Gasteiger partial charge on any atom is 0.238 e. The molecular weight excluding hydrogens is 294 g/mol. The van der Waals surface area contributed by atoms with Gasteiger partial charge in [-0.25, -0.2) is 4.90 Å². The van der Waals surface area contributed by atoms with Crippen molar-refractivity contribution in [1.82, 2.24) is 0 Å². The lowest BCUT2D eigenvalue weighted by Gasteiger charge is -2.35. The molecule has 0 radical (unpaired) electrons. The molecule has 2 atom stereocenters. The molecule has 0 aromatic heterocycles. The van der Waals surface area contributed by atoms with Gasteiger partial charge in [0.2, 0.25) is 11.8 Å². The molecule has 1 aliphatic rings. The van der Waals surface area contributed by atoms with Crippen LogP contribution in [-0.2, 0) is 9.59 Å². The number of carbonyl (C=O) groups excluding carboxylic acids is 2. The van der Waals surface area contributed by atoms with E-state index >= 15 is 0 Å². The molecule has 5 heteroatoms. The molecule has 2 N–H and O–H groups in total. The van der Waals surface area contributed by atoms with Crippen LogP contribution in [0.4, 0.5) is 5.69 Å². The van der Waals surface area contributed by atoms with Crippen molar-refractivity contribution < 1.29 is 19.8 Å². The molecule has 0 aliphatic carbocycles. The summed E-state index contributed by atoms with van der Waals surface area (Å²) in [7, 11) is 0. The second kappa shape index (κ2) is 5.25. The van der Waals surface area contributed by atoms with Gasteiger partial charge in [-0.1, -0.05) is 41.5 Å². The zero-order valence-electron chi connectivity index (χ0n) is 14.5. The van der Waals surface area contributed by atoms with E-state index in [1.165, 1.54) is 12.1 Å². The fraction of sp³-hybridized carbons (Fsp3) is 0.556. The minimum absolute atomic E-state index is 0.188. The van der Waals surface area contributed by atoms with Gasteiger partial charge in [-0.2, -0.15) is 0 Å². The second-order valence-electron chi connectivity index (χ2n) is 8.41. The number of phenolic OH excluding ortho intramolecular Hbond substituents is 2. The quantitative estimate of drug-likeness (QED) is 0.779. The highest BCUT2D eigenvalue weighted by Crippen LogP contribution is 2.48. The molecule has 0 saturated carbocycles. The second-order valence-corrected chi connectivity index (χ2v) is 8.41. The summed E-state index contributed by atoms with van der Waals surface area (Å²) in [5.41, 5.74) is -0.546. The monoisotopic (exact) mass is 319 g/mol. The Kier molecular flexibility index (Phi) is 3.95. The number of amides is 2. The lowest BCUT2D eigenvalue weighted by atomic mass is 9.65. The van der Waals surface area contributed by atoms with Crippen LogP contribution in [0.5, 0.6) is 11.5 Å². The van der Waals surface area contributed by atoms with Crippen LogP contribution in [0.25, 0.3) is 0 Å². The molecule has 126 valence electrons. The zero-order chi connectivity index (χ0) is 17.7. The normalized spacial score (nSPS) is 22.8. The minimum Gasteiger partial charge on any atom is -0.508 e. The molecule has 1 saturated heterocycles. The summed E-state index contributed by atoms with van der Waals surface area (Å²) in [5.74, 6) is -1.86. The molecule has 1 aromatic carbocycles. The van der Waals surface area contributed by atoms with Crippen LogP contribution in [0.3, 0.4) is 0 Å². The summed E-state index contributed by atoms with van der Waals surface area (Å²) < 4.78 is 0. The molecule has 2 unspecified atom stereocenters. The molecule has 23 heavy (non-hydrogen) atoms. The van der Waals surface area contributed by atoms with Crippen LogP contribution in [0.1, 0.15) is 41.5 Å². The van der Waals surface area contributed by atoms with Gasteiger partial charge in [-0.05, 0) is 10.8 Å². The number of benzene rings is 1. The van der Waals surface area contributed by atoms with Crippen LogP contribution in [0, 0.1) is 22.7 Å². The number of phenols is 2. The Morgan fingerprint density at radius 1 is 0.783 bits per heavy atom. The fourth-order valence-corrected chi connectivity index (χ4v) is 3.38. The molecule has 5 nitrogen and oxygen atoms in total. The van der Waals surface area contributed by atoms with Gasteiger partial charge in [0.15, 0.2) is 0 Å². The molecule has 1 aromatic rings. The number of rotatable bonds is 1. The summed E-state index contributed by atoms with van der Waals surface area (Å²) in [6, 6.07) is 3.80. The first kappa shape index (κ1) is 17.3. The lowest BCUT2D eigenvalue weighted by molar-refractivity contribution is -0.127. The van der Waals surface area contributed by atoms with Crippen molar-refractivity contribution in [1.29, 1.82) is 0 Å². The molecule has 1 heterocycles. The molecule has 1 aliphatic heterocycles. The van der Waals surface area contributed by atoms with E-state index in [1.54, 1.807) is 0 Å². The predicted octanol–water partition coefficient (Wildman–Crippen LogP) is 3.30. The van der Waals surface area contributed by atoms with Gasteiger partial charge in [0, 0.05) is 18.2 Å². The molecule has 2 rings (SSSR count). The molecule has 2 amide bonds. The Morgan fingerprint density at radius 3 is 1.43 bits per heavy atom. The van der Waals surface area contributed by atoms with E-state index < -0.39 is 11.8 Å². The summed E-state index contributed by atoms with van der Waals surface area (Å²) in [6.07, 6.45) is 0. The van der Waals surface area contributed by atoms with Gasteiger partial charge < -0.3 is 10.2 Å². The highest BCUT2D eigenvalue weighted by Gasteiger charge is 2.56. The van der Waals surface area contributed by atoms with E-state index in [0.29, 0.717) is 0 Å². The van der Waals surface area contributed by atoms with Crippen molar-refractivity contribution in [2.45, 2.75) is 41.5 Å². The van der Waals surface area contributed by atoms with Crippen LogP contribution in [-0.4, -0.2) is 22.0 Å². The number of nitrogens with zero attached hydrogens (tertiary/aromatic N) is 1. The van der Waals surface area contributed by atoms with Crippen LogP contribution in [0.15, 0.2) is 18.2 Å². The van der Waals surface area contributed by atoms with Crippen LogP contribution >= 0.6 is 0 Å². The lowest BCUT2D eigenvalue weighted by Crippen LogP contribution is -2.38. The van der Waals surface area contributed by atoms with Crippen molar-refractivity contribution in [2.75, 3.05) is 4.90 Å². The Balaban J connectivity index is 2.59. The van der Waals surface area contributed by atoms with Gasteiger partial charge >= 0.3 is 0 Å². The maximum atomic E-state index is 13.0. The molecule has 0 spiro atoms. The van der Waals surface area contributed by atoms with Crippen molar-refractivity contribution in [3.05, 3.63) is 18.2 Å². The summed E-state index contributed by atoms with van der Waals surface area (Å²) >= 11 is 0. The number of imide groups is 1. The number of carbonyl (C=O) groups is 2. The van der Waals surface area contributed by atoms with Gasteiger partial charge in [0.05, 0.1) is 17.5 Å².